The Morgan fingerprint density at radius 2 is 1.62 bits per heavy atom. The van der Waals surface area contributed by atoms with Crippen LogP contribution in [0.4, 0.5) is 16.0 Å². The van der Waals surface area contributed by atoms with Crippen molar-refractivity contribution in [2.75, 3.05) is 23.3 Å². The molecule has 0 fully saturated rings. The molecule has 0 unspecified atom stereocenters. The second-order valence-electron chi connectivity index (χ2n) is 5.95. The Labute approximate surface area is 153 Å². The van der Waals surface area contributed by atoms with Gasteiger partial charge in [0.15, 0.2) is 5.82 Å². The van der Waals surface area contributed by atoms with Crippen molar-refractivity contribution in [3.05, 3.63) is 72.0 Å². The minimum absolute atomic E-state index is 0.231. The monoisotopic (exact) mass is 350 g/mol. The fraction of sp³-hybridized carbons (Fsp3) is 0.238. The SMILES string of the molecule is CCN(CC)c1cc(NCc2ccc(F)cc2)nc(-c2ccccc2)n1. The van der Waals surface area contributed by atoms with Crippen LogP contribution in [0.25, 0.3) is 11.4 Å². The first-order valence-electron chi connectivity index (χ1n) is 8.87. The minimum atomic E-state index is -0.231. The first kappa shape index (κ1) is 17.9. The zero-order valence-corrected chi connectivity index (χ0v) is 15.1. The predicted molar refractivity (Wildman–Crippen MR) is 105 cm³/mol. The van der Waals surface area contributed by atoms with Gasteiger partial charge in [-0.25, -0.2) is 14.4 Å². The highest BCUT2D eigenvalue weighted by Crippen LogP contribution is 2.22. The predicted octanol–water partition coefficient (Wildman–Crippen LogP) is 4.74. The summed E-state index contributed by atoms with van der Waals surface area (Å²) < 4.78 is 13.1. The van der Waals surface area contributed by atoms with Crippen molar-refractivity contribution in [3.8, 4) is 11.4 Å². The fourth-order valence-electron chi connectivity index (χ4n) is 2.75. The number of nitrogens with one attached hydrogen (secondary N) is 1. The van der Waals surface area contributed by atoms with E-state index in [1.807, 2.05) is 36.4 Å². The molecule has 0 radical (unpaired) electrons. The van der Waals surface area contributed by atoms with Crippen LogP contribution in [0, 0.1) is 5.82 Å². The van der Waals surface area contributed by atoms with E-state index in [9.17, 15) is 4.39 Å². The zero-order chi connectivity index (χ0) is 18.4. The topological polar surface area (TPSA) is 41.0 Å². The highest BCUT2D eigenvalue weighted by molar-refractivity contribution is 5.61. The Hall–Kier alpha value is -2.95. The van der Waals surface area contributed by atoms with Crippen molar-refractivity contribution in [3.63, 3.8) is 0 Å². The first-order valence-corrected chi connectivity index (χ1v) is 8.87. The van der Waals surface area contributed by atoms with Gasteiger partial charge in [0.1, 0.15) is 17.5 Å². The number of anilines is 2. The lowest BCUT2D eigenvalue weighted by Crippen LogP contribution is -2.23. The Balaban J connectivity index is 1.90. The van der Waals surface area contributed by atoms with Crippen LogP contribution in [0.5, 0.6) is 0 Å². The van der Waals surface area contributed by atoms with Gasteiger partial charge in [0, 0.05) is 31.3 Å². The van der Waals surface area contributed by atoms with E-state index in [0.29, 0.717) is 12.4 Å². The Morgan fingerprint density at radius 3 is 2.27 bits per heavy atom. The maximum absolute atomic E-state index is 13.1. The standard InChI is InChI=1S/C21H23FN4/c1-3-26(4-2)20-14-19(23-15-16-10-12-18(22)13-11-16)24-21(25-20)17-8-6-5-7-9-17/h5-14H,3-4,15H2,1-2H3,(H,23,24,25). The van der Waals surface area contributed by atoms with Crippen LogP contribution in [0.3, 0.4) is 0 Å². The molecular weight excluding hydrogens is 327 g/mol. The van der Waals surface area contributed by atoms with E-state index in [1.165, 1.54) is 12.1 Å². The molecule has 1 heterocycles. The van der Waals surface area contributed by atoms with E-state index in [1.54, 1.807) is 12.1 Å². The van der Waals surface area contributed by atoms with Crippen LogP contribution in [0.15, 0.2) is 60.7 Å². The van der Waals surface area contributed by atoms with Gasteiger partial charge in [0.2, 0.25) is 0 Å². The molecule has 0 aliphatic rings. The lowest BCUT2D eigenvalue weighted by molar-refractivity contribution is 0.627. The van der Waals surface area contributed by atoms with Crippen molar-refractivity contribution in [2.24, 2.45) is 0 Å². The summed E-state index contributed by atoms with van der Waals surface area (Å²) >= 11 is 0. The van der Waals surface area contributed by atoms with Gasteiger partial charge in [-0.3, -0.25) is 0 Å². The van der Waals surface area contributed by atoms with Crippen LogP contribution in [0.1, 0.15) is 19.4 Å². The van der Waals surface area contributed by atoms with Gasteiger partial charge < -0.3 is 10.2 Å². The summed E-state index contributed by atoms with van der Waals surface area (Å²) in [4.78, 5) is 11.6. The van der Waals surface area contributed by atoms with Crippen molar-refractivity contribution in [1.29, 1.82) is 0 Å². The van der Waals surface area contributed by atoms with Gasteiger partial charge in [-0.05, 0) is 31.5 Å². The number of hydrogen-bond donors (Lipinski definition) is 1. The van der Waals surface area contributed by atoms with Crippen molar-refractivity contribution >= 4 is 11.6 Å². The van der Waals surface area contributed by atoms with Crippen LogP contribution >= 0.6 is 0 Å². The largest absolute Gasteiger partial charge is 0.366 e. The third-order valence-electron chi connectivity index (χ3n) is 4.22. The molecule has 0 spiro atoms. The summed E-state index contributed by atoms with van der Waals surface area (Å²) in [6.07, 6.45) is 0. The summed E-state index contributed by atoms with van der Waals surface area (Å²) in [6, 6.07) is 18.4. The van der Waals surface area contributed by atoms with Crippen LogP contribution in [-0.4, -0.2) is 23.1 Å². The van der Waals surface area contributed by atoms with Gasteiger partial charge in [-0.2, -0.15) is 0 Å². The molecule has 4 nitrogen and oxygen atoms in total. The summed E-state index contributed by atoms with van der Waals surface area (Å²) in [5, 5.41) is 3.33. The zero-order valence-electron chi connectivity index (χ0n) is 15.1. The van der Waals surface area contributed by atoms with E-state index < -0.39 is 0 Å². The fourth-order valence-corrected chi connectivity index (χ4v) is 2.75. The molecule has 26 heavy (non-hydrogen) atoms. The Bertz CT molecular complexity index is 830. The maximum atomic E-state index is 13.1. The third-order valence-corrected chi connectivity index (χ3v) is 4.22. The van der Waals surface area contributed by atoms with Crippen LogP contribution in [-0.2, 0) is 6.54 Å². The quantitative estimate of drug-likeness (QED) is 0.668. The Kier molecular flexibility index (Phi) is 5.79. The Morgan fingerprint density at radius 1 is 0.923 bits per heavy atom. The van der Waals surface area contributed by atoms with Gasteiger partial charge in [0.05, 0.1) is 0 Å². The molecule has 0 amide bonds. The highest BCUT2D eigenvalue weighted by Gasteiger charge is 2.11. The molecule has 0 bridgehead atoms. The maximum Gasteiger partial charge on any atom is 0.163 e. The second-order valence-corrected chi connectivity index (χ2v) is 5.95. The number of benzene rings is 2. The number of aromatic nitrogens is 2. The van der Waals surface area contributed by atoms with Gasteiger partial charge in [0.25, 0.3) is 0 Å². The molecular formula is C21H23FN4. The van der Waals surface area contributed by atoms with E-state index in [2.05, 4.69) is 29.0 Å². The van der Waals surface area contributed by atoms with E-state index in [4.69, 9.17) is 4.98 Å². The van der Waals surface area contributed by atoms with Crippen molar-refractivity contribution < 1.29 is 4.39 Å². The molecule has 0 saturated heterocycles. The smallest absolute Gasteiger partial charge is 0.163 e. The molecule has 2 aromatic carbocycles. The lowest BCUT2D eigenvalue weighted by atomic mass is 10.2. The van der Waals surface area contributed by atoms with Gasteiger partial charge >= 0.3 is 0 Å². The molecule has 1 aromatic heterocycles. The summed E-state index contributed by atoms with van der Waals surface area (Å²) in [5.41, 5.74) is 1.97. The van der Waals surface area contributed by atoms with E-state index in [-0.39, 0.29) is 5.82 Å². The van der Waals surface area contributed by atoms with Gasteiger partial charge in [-0.1, -0.05) is 42.5 Å². The second kappa shape index (κ2) is 8.43. The van der Waals surface area contributed by atoms with Crippen molar-refractivity contribution in [1.82, 2.24) is 9.97 Å². The molecule has 0 aliphatic carbocycles. The first-order chi connectivity index (χ1) is 12.7. The normalized spacial score (nSPS) is 10.6. The molecule has 1 N–H and O–H groups in total. The van der Waals surface area contributed by atoms with E-state index in [0.717, 1.165) is 35.9 Å². The molecule has 0 atom stereocenters. The van der Waals surface area contributed by atoms with Gasteiger partial charge in [-0.15, -0.1) is 0 Å². The molecule has 3 aromatic rings. The van der Waals surface area contributed by atoms with Crippen LogP contribution in [0.2, 0.25) is 0 Å². The van der Waals surface area contributed by atoms with Crippen LogP contribution < -0.4 is 10.2 Å². The lowest BCUT2D eigenvalue weighted by Gasteiger charge is -2.21. The summed E-state index contributed by atoms with van der Waals surface area (Å²) in [5.74, 6) is 2.11. The molecule has 3 rings (SSSR count). The summed E-state index contributed by atoms with van der Waals surface area (Å²) in [7, 11) is 0. The number of halogens is 1. The average Bonchev–Trinajstić information content (AvgIpc) is 2.69. The molecule has 0 aliphatic heterocycles. The number of rotatable bonds is 7. The minimum Gasteiger partial charge on any atom is -0.366 e. The highest BCUT2D eigenvalue weighted by atomic mass is 19.1. The van der Waals surface area contributed by atoms with E-state index >= 15 is 0 Å². The number of hydrogen-bond acceptors (Lipinski definition) is 4. The molecule has 5 heteroatoms. The molecule has 134 valence electrons. The third kappa shape index (κ3) is 4.36. The number of nitrogens with zero attached hydrogens (tertiary/aromatic N) is 3. The average molecular weight is 350 g/mol. The summed E-state index contributed by atoms with van der Waals surface area (Å²) in [6.45, 7) is 6.54. The van der Waals surface area contributed by atoms with Crippen molar-refractivity contribution in [2.45, 2.75) is 20.4 Å². The molecule has 0 saturated carbocycles.